The highest BCUT2D eigenvalue weighted by molar-refractivity contribution is 14.0. The number of hydrogen-bond donors (Lipinski definition) is 0. The summed E-state index contributed by atoms with van der Waals surface area (Å²) in [4.78, 5) is 29.3. The summed E-state index contributed by atoms with van der Waals surface area (Å²) in [5, 5.41) is 0. The first-order valence-corrected chi connectivity index (χ1v) is 8.87. The van der Waals surface area contributed by atoms with Gasteiger partial charge in [-0.05, 0) is 48.2 Å². The molecule has 28 heavy (non-hydrogen) atoms. The van der Waals surface area contributed by atoms with E-state index in [1.807, 2.05) is 25.1 Å². The normalized spacial score (nSPS) is 11.4. The van der Waals surface area contributed by atoms with Crippen LogP contribution in [0.4, 0.5) is 0 Å². The fourth-order valence-corrected chi connectivity index (χ4v) is 3.23. The summed E-state index contributed by atoms with van der Waals surface area (Å²) in [6, 6.07) is 9.31. The molecule has 0 aliphatic heterocycles. The third-order valence-corrected chi connectivity index (χ3v) is 4.41. The molecule has 0 saturated carbocycles. The summed E-state index contributed by atoms with van der Waals surface area (Å²) >= 11 is 0. The van der Waals surface area contributed by atoms with Crippen molar-refractivity contribution in [3.8, 4) is 11.3 Å². The topological polar surface area (TPSA) is 66.1 Å². The molecule has 0 bridgehead atoms. The third kappa shape index (κ3) is 4.29. The maximum Gasteiger partial charge on any atom is 0.337 e. The van der Waals surface area contributed by atoms with Crippen LogP contribution in [-0.2, 0) is 18.3 Å². The minimum Gasteiger partial charge on any atom is -0.465 e. The molecule has 0 aliphatic rings. The van der Waals surface area contributed by atoms with E-state index in [0.29, 0.717) is 23.4 Å². The first kappa shape index (κ1) is 22.1. The molecular formula is C21H26IN3O3. The molecule has 2 heterocycles. The van der Waals surface area contributed by atoms with E-state index in [4.69, 9.17) is 9.72 Å². The van der Waals surface area contributed by atoms with Gasteiger partial charge in [-0.2, -0.15) is 0 Å². The maximum atomic E-state index is 12.7. The molecule has 0 atom stereocenters. The molecule has 0 N–H and O–H groups in total. The highest BCUT2D eigenvalue weighted by Gasteiger charge is 2.19. The van der Waals surface area contributed by atoms with Crippen molar-refractivity contribution in [3.05, 3.63) is 51.9 Å². The second-order valence-electron chi connectivity index (χ2n) is 8.11. The quantitative estimate of drug-likeness (QED) is 0.405. The molecule has 6 nitrogen and oxygen atoms in total. The molecule has 3 rings (SSSR count). The van der Waals surface area contributed by atoms with Crippen molar-refractivity contribution >= 4 is 41.1 Å². The lowest BCUT2D eigenvalue weighted by Gasteiger charge is -2.18. The molecule has 0 fully saturated rings. The average molecular weight is 495 g/mol. The molecule has 0 aliphatic carbocycles. The lowest BCUT2D eigenvalue weighted by atomic mass is 9.97. The van der Waals surface area contributed by atoms with Gasteiger partial charge in [0.2, 0.25) is 0 Å². The van der Waals surface area contributed by atoms with E-state index in [1.54, 1.807) is 28.3 Å². The first-order valence-electron chi connectivity index (χ1n) is 8.87. The summed E-state index contributed by atoms with van der Waals surface area (Å²) in [5.41, 5.74) is 4.27. The highest BCUT2D eigenvalue weighted by atomic mass is 127. The van der Waals surface area contributed by atoms with E-state index in [9.17, 15) is 9.59 Å². The molecule has 2 aromatic heterocycles. The molecule has 0 spiro atoms. The lowest BCUT2D eigenvalue weighted by Crippen LogP contribution is -2.27. The van der Waals surface area contributed by atoms with Crippen molar-refractivity contribution in [3.63, 3.8) is 0 Å². The molecule has 0 amide bonds. The number of halogens is 1. The molecule has 0 radical (unpaired) electrons. The van der Waals surface area contributed by atoms with Crippen LogP contribution in [0.5, 0.6) is 0 Å². The predicted molar refractivity (Wildman–Crippen MR) is 121 cm³/mol. The highest BCUT2D eigenvalue weighted by Crippen LogP contribution is 2.25. The number of imidazole rings is 1. The Morgan fingerprint density at radius 2 is 1.86 bits per heavy atom. The number of aryl methyl sites for hydroxylation is 2. The fourth-order valence-electron chi connectivity index (χ4n) is 3.23. The van der Waals surface area contributed by atoms with E-state index in [2.05, 4.69) is 20.8 Å². The van der Waals surface area contributed by atoms with Crippen LogP contribution >= 0.6 is 24.0 Å². The predicted octanol–water partition coefficient (Wildman–Crippen LogP) is 4.16. The van der Waals surface area contributed by atoms with Gasteiger partial charge in [0.25, 0.3) is 0 Å². The SMILES string of the molecule is COC(=O)c1cc(C)cc(-c2ccc3c(n2)n(C)c(=O)n3CC(C)(C)C)c1.I. The van der Waals surface area contributed by atoms with E-state index >= 15 is 0 Å². The van der Waals surface area contributed by atoms with Gasteiger partial charge < -0.3 is 4.74 Å². The Labute approximate surface area is 181 Å². The van der Waals surface area contributed by atoms with Crippen LogP contribution in [0.25, 0.3) is 22.4 Å². The molecule has 1 aromatic carbocycles. The number of hydrogen-bond acceptors (Lipinski definition) is 4. The van der Waals surface area contributed by atoms with E-state index in [-0.39, 0.29) is 41.1 Å². The van der Waals surface area contributed by atoms with Crippen LogP contribution in [0.1, 0.15) is 36.7 Å². The van der Waals surface area contributed by atoms with Crippen molar-refractivity contribution in [1.82, 2.24) is 14.1 Å². The zero-order valence-corrected chi connectivity index (χ0v) is 19.4. The van der Waals surface area contributed by atoms with Gasteiger partial charge >= 0.3 is 11.7 Å². The Morgan fingerprint density at radius 3 is 2.46 bits per heavy atom. The average Bonchev–Trinajstić information content (AvgIpc) is 2.83. The molecule has 3 aromatic rings. The van der Waals surface area contributed by atoms with Crippen molar-refractivity contribution in [2.75, 3.05) is 7.11 Å². The number of benzene rings is 1. The first-order chi connectivity index (χ1) is 12.6. The van der Waals surface area contributed by atoms with Crippen LogP contribution in [0, 0.1) is 12.3 Å². The number of carbonyl (C=O) groups excluding carboxylic acids is 1. The molecule has 0 unspecified atom stereocenters. The summed E-state index contributed by atoms with van der Waals surface area (Å²) in [6.07, 6.45) is 0. The van der Waals surface area contributed by atoms with Gasteiger partial charge in [0.15, 0.2) is 5.65 Å². The van der Waals surface area contributed by atoms with E-state index in [1.165, 1.54) is 7.11 Å². The number of rotatable bonds is 3. The Kier molecular flexibility index (Phi) is 6.37. The number of ether oxygens (including phenoxy) is 1. The number of methoxy groups -OCH3 is 1. The van der Waals surface area contributed by atoms with Gasteiger partial charge in [-0.25, -0.2) is 14.6 Å². The smallest absolute Gasteiger partial charge is 0.337 e. The van der Waals surface area contributed by atoms with Gasteiger partial charge in [-0.15, -0.1) is 24.0 Å². The minimum atomic E-state index is -0.384. The summed E-state index contributed by atoms with van der Waals surface area (Å²) in [6.45, 7) is 8.83. The summed E-state index contributed by atoms with van der Waals surface area (Å²) in [5.74, 6) is -0.384. The molecular weight excluding hydrogens is 469 g/mol. The van der Waals surface area contributed by atoms with Gasteiger partial charge in [-0.3, -0.25) is 9.13 Å². The van der Waals surface area contributed by atoms with Gasteiger partial charge in [0, 0.05) is 19.2 Å². The molecule has 7 heteroatoms. The number of fused-ring (bicyclic) bond motifs is 1. The summed E-state index contributed by atoms with van der Waals surface area (Å²) < 4.78 is 8.17. The number of nitrogens with zero attached hydrogens (tertiary/aromatic N) is 3. The standard InChI is InChI=1S/C21H25N3O3.HI/c1-13-9-14(11-15(10-13)19(25)27-6)16-7-8-17-18(22-16)23(5)20(26)24(17)12-21(2,3)4;/h7-11H,12H2,1-6H3;1H. The van der Waals surface area contributed by atoms with Crippen LogP contribution < -0.4 is 5.69 Å². The van der Waals surface area contributed by atoms with Crippen LogP contribution in [0.2, 0.25) is 0 Å². The van der Waals surface area contributed by atoms with Crippen LogP contribution in [0.3, 0.4) is 0 Å². The number of pyridine rings is 1. The second kappa shape index (κ2) is 8.06. The Balaban J connectivity index is 0.00000280. The monoisotopic (exact) mass is 495 g/mol. The van der Waals surface area contributed by atoms with Crippen molar-refractivity contribution in [2.24, 2.45) is 12.5 Å². The van der Waals surface area contributed by atoms with Crippen molar-refractivity contribution in [2.45, 2.75) is 34.2 Å². The van der Waals surface area contributed by atoms with E-state index in [0.717, 1.165) is 16.6 Å². The largest absolute Gasteiger partial charge is 0.465 e. The van der Waals surface area contributed by atoms with Crippen molar-refractivity contribution < 1.29 is 9.53 Å². The third-order valence-electron chi connectivity index (χ3n) is 4.41. The number of esters is 1. The Bertz CT molecular complexity index is 1090. The van der Waals surface area contributed by atoms with Crippen LogP contribution in [-0.4, -0.2) is 27.2 Å². The summed E-state index contributed by atoms with van der Waals surface area (Å²) in [7, 11) is 3.10. The maximum absolute atomic E-state index is 12.7. The fraction of sp³-hybridized carbons (Fsp3) is 0.381. The molecule has 0 saturated heterocycles. The van der Waals surface area contributed by atoms with E-state index < -0.39 is 0 Å². The second-order valence-corrected chi connectivity index (χ2v) is 8.11. The van der Waals surface area contributed by atoms with Gasteiger partial charge in [0.05, 0.1) is 23.9 Å². The minimum absolute atomic E-state index is 0. The van der Waals surface area contributed by atoms with Crippen molar-refractivity contribution in [1.29, 1.82) is 0 Å². The number of aromatic nitrogens is 3. The van der Waals surface area contributed by atoms with Gasteiger partial charge in [-0.1, -0.05) is 20.8 Å². The zero-order valence-electron chi connectivity index (χ0n) is 17.1. The zero-order chi connectivity index (χ0) is 19.9. The lowest BCUT2D eigenvalue weighted by molar-refractivity contribution is 0.0600. The van der Waals surface area contributed by atoms with Gasteiger partial charge in [0.1, 0.15) is 0 Å². The Morgan fingerprint density at radius 1 is 1.18 bits per heavy atom. The van der Waals surface area contributed by atoms with Crippen LogP contribution in [0.15, 0.2) is 35.1 Å². The molecule has 150 valence electrons. The number of carbonyl (C=O) groups is 1. The Hall–Kier alpha value is -2.16.